The number of carboxylic acids is 1. The summed E-state index contributed by atoms with van der Waals surface area (Å²) in [6, 6.07) is 12.0. The first-order valence-electron chi connectivity index (χ1n) is 10.8. The smallest absolute Gasteiger partial charge is 0.352 e. The molecule has 12 nitrogen and oxygen atoms in total. The largest absolute Gasteiger partial charge is 0.477 e. The first kappa shape index (κ1) is 23.4. The second-order valence-corrected chi connectivity index (χ2v) is 9.16. The van der Waals surface area contributed by atoms with E-state index >= 15 is 0 Å². The fraction of sp³-hybridized carbons (Fsp3) is 0.217. The molecule has 0 bridgehead atoms. The van der Waals surface area contributed by atoms with Crippen LogP contribution in [0.5, 0.6) is 0 Å². The van der Waals surface area contributed by atoms with Crippen molar-refractivity contribution in [2.24, 2.45) is 5.16 Å². The molecule has 3 aromatic rings. The van der Waals surface area contributed by atoms with Gasteiger partial charge in [-0.15, -0.1) is 11.8 Å². The van der Waals surface area contributed by atoms with Crippen molar-refractivity contribution >= 4 is 52.0 Å². The minimum atomic E-state index is -1.20. The summed E-state index contributed by atoms with van der Waals surface area (Å²) in [7, 11) is 1.25. The van der Waals surface area contributed by atoms with Gasteiger partial charge in [-0.3, -0.25) is 14.5 Å². The summed E-state index contributed by atoms with van der Waals surface area (Å²) in [5.41, 5.74) is 6.81. The van der Waals surface area contributed by atoms with Crippen molar-refractivity contribution in [1.82, 2.24) is 15.4 Å². The van der Waals surface area contributed by atoms with Gasteiger partial charge in [0.25, 0.3) is 11.8 Å². The third-order valence-corrected chi connectivity index (χ3v) is 7.19. The van der Waals surface area contributed by atoms with Crippen molar-refractivity contribution in [3.05, 3.63) is 65.6 Å². The van der Waals surface area contributed by atoms with Gasteiger partial charge in [-0.25, -0.2) is 4.79 Å². The Balaban J connectivity index is 1.38. The molecule has 1 aromatic carbocycles. The lowest BCUT2D eigenvalue weighted by atomic mass is 10.0. The highest BCUT2D eigenvalue weighted by atomic mass is 32.2. The minimum Gasteiger partial charge on any atom is -0.477 e. The number of benzene rings is 1. The van der Waals surface area contributed by atoms with Crippen LogP contribution in [0.1, 0.15) is 5.69 Å². The lowest BCUT2D eigenvalue weighted by molar-refractivity contribution is -0.663. The van der Waals surface area contributed by atoms with Gasteiger partial charge in [-0.05, 0) is 12.1 Å². The van der Waals surface area contributed by atoms with E-state index in [0.717, 1.165) is 10.9 Å². The van der Waals surface area contributed by atoms with Crippen molar-refractivity contribution in [3.63, 3.8) is 0 Å². The topological polar surface area (TPSA) is 164 Å². The van der Waals surface area contributed by atoms with Crippen LogP contribution in [-0.2, 0) is 25.8 Å². The van der Waals surface area contributed by atoms with E-state index in [9.17, 15) is 19.5 Å². The summed E-state index contributed by atoms with van der Waals surface area (Å²) >= 11 is 1.38. The fourth-order valence-electron chi connectivity index (χ4n) is 4.28. The van der Waals surface area contributed by atoms with E-state index in [-0.39, 0.29) is 23.0 Å². The standard InChI is InChI=1S/C23H20N6O6S/c1-34-27-17(14-9-16(24)35-26-14)20(30)25-18-21(31)29-19(23(32)33)13(11-36-22(18)29)10-28-8-4-6-12-5-2-3-7-15(12)28/h2-9,18,22H,10-11H2,1H3,(H3-,24,25,26,30,32,33)/p+1/b27-17-/t18?,22-/m1/s1. The number of nitrogens with two attached hydrogens (primary N) is 1. The summed E-state index contributed by atoms with van der Waals surface area (Å²) in [6.45, 7) is 0.307. The number of carbonyl (C=O) groups excluding carboxylic acids is 2. The van der Waals surface area contributed by atoms with Crippen LogP contribution in [0.3, 0.4) is 0 Å². The number of aromatic nitrogens is 2. The second-order valence-electron chi connectivity index (χ2n) is 8.05. The third kappa shape index (κ3) is 4.02. The maximum atomic E-state index is 13.0. The number of amides is 2. The number of nitrogens with zero attached hydrogens (tertiary/aromatic N) is 4. The van der Waals surface area contributed by atoms with Crippen LogP contribution >= 0.6 is 11.8 Å². The minimum absolute atomic E-state index is 0.0248. The van der Waals surface area contributed by atoms with Crippen molar-refractivity contribution in [2.45, 2.75) is 18.0 Å². The molecule has 1 saturated heterocycles. The summed E-state index contributed by atoms with van der Waals surface area (Å²) < 4.78 is 6.73. The van der Waals surface area contributed by atoms with Gasteiger partial charge >= 0.3 is 5.97 Å². The van der Waals surface area contributed by atoms with Crippen LogP contribution < -0.4 is 15.6 Å². The number of anilines is 1. The van der Waals surface area contributed by atoms with E-state index in [1.54, 1.807) is 0 Å². The van der Waals surface area contributed by atoms with Crippen LogP contribution in [0.4, 0.5) is 5.88 Å². The number of oxime groups is 1. The summed E-state index contributed by atoms with van der Waals surface area (Å²) in [4.78, 5) is 44.1. The Morgan fingerprint density at radius 1 is 1.36 bits per heavy atom. The number of hydrogen-bond acceptors (Lipinski definition) is 9. The van der Waals surface area contributed by atoms with E-state index in [1.165, 1.54) is 29.8 Å². The molecular formula is C23H21N6O6S+. The number of para-hydroxylation sites is 1. The highest BCUT2D eigenvalue weighted by Crippen LogP contribution is 2.40. The van der Waals surface area contributed by atoms with Crippen LogP contribution in [0, 0.1) is 0 Å². The van der Waals surface area contributed by atoms with E-state index in [0.29, 0.717) is 17.9 Å². The van der Waals surface area contributed by atoms with E-state index in [2.05, 4.69) is 15.6 Å². The molecule has 36 heavy (non-hydrogen) atoms. The summed E-state index contributed by atoms with van der Waals surface area (Å²) in [5.74, 6) is -2.12. The number of carbonyl (C=O) groups is 3. The lowest BCUT2D eigenvalue weighted by Gasteiger charge is -2.49. The molecule has 2 aliphatic heterocycles. The Bertz CT molecular complexity index is 1440. The predicted octanol–water partition coefficient (Wildman–Crippen LogP) is 0.487. The normalized spacial score (nSPS) is 19.6. The predicted molar refractivity (Wildman–Crippen MR) is 128 cm³/mol. The number of fused-ring (bicyclic) bond motifs is 2. The lowest BCUT2D eigenvalue weighted by Crippen LogP contribution is -2.71. The van der Waals surface area contributed by atoms with Gasteiger partial charge < -0.3 is 25.5 Å². The molecule has 1 unspecified atom stereocenters. The van der Waals surface area contributed by atoms with E-state index in [4.69, 9.17) is 15.1 Å². The zero-order valence-electron chi connectivity index (χ0n) is 19.0. The molecule has 4 heterocycles. The second kappa shape index (κ2) is 9.34. The molecule has 0 aliphatic carbocycles. The van der Waals surface area contributed by atoms with Crippen molar-refractivity contribution < 1.29 is 33.4 Å². The molecular weight excluding hydrogens is 488 g/mol. The van der Waals surface area contributed by atoms with Crippen molar-refractivity contribution in [3.8, 4) is 0 Å². The Hall–Kier alpha value is -4.39. The van der Waals surface area contributed by atoms with Gasteiger partial charge in [0.2, 0.25) is 11.4 Å². The van der Waals surface area contributed by atoms with Crippen molar-refractivity contribution in [1.29, 1.82) is 0 Å². The van der Waals surface area contributed by atoms with Gasteiger partial charge in [0, 0.05) is 34.9 Å². The Morgan fingerprint density at radius 3 is 2.86 bits per heavy atom. The third-order valence-electron chi connectivity index (χ3n) is 5.85. The molecule has 1 fully saturated rings. The Labute approximate surface area is 208 Å². The van der Waals surface area contributed by atoms with E-state index < -0.39 is 29.2 Å². The number of carboxylic acid groups (broad SMARTS) is 1. The number of thioether (sulfide) groups is 1. The summed E-state index contributed by atoms with van der Waals surface area (Å²) in [6.07, 6.45) is 1.87. The molecule has 13 heteroatoms. The highest BCUT2D eigenvalue weighted by molar-refractivity contribution is 8.00. The molecule has 0 radical (unpaired) electrons. The van der Waals surface area contributed by atoms with Crippen LogP contribution in [0.2, 0.25) is 0 Å². The van der Waals surface area contributed by atoms with Crippen LogP contribution in [0.15, 0.2) is 69.6 Å². The molecule has 2 aromatic heterocycles. The number of nitrogen functional groups attached to an aromatic ring is 1. The molecule has 4 N–H and O–H groups in total. The Kier molecular flexibility index (Phi) is 6.06. The number of β-lactam (4-membered cyclic amide) rings is 1. The molecule has 5 rings (SSSR count). The zero-order valence-corrected chi connectivity index (χ0v) is 19.8. The molecule has 0 saturated carbocycles. The monoisotopic (exact) mass is 509 g/mol. The van der Waals surface area contributed by atoms with Gasteiger partial charge in [-0.2, -0.15) is 4.57 Å². The summed E-state index contributed by atoms with van der Waals surface area (Å²) in [5, 5.41) is 20.3. The number of nitrogens with one attached hydrogen (secondary N) is 1. The average Bonchev–Trinajstić information content (AvgIpc) is 3.31. The quantitative estimate of drug-likeness (QED) is 0.178. The molecule has 184 valence electrons. The van der Waals surface area contributed by atoms with Gasteiger partial charge in [0.1, 0.15) is 29.9 Å². The SMILES string of the molecule is CO/N=C(\C(=O)NC1C(=O)N2C(C(=O)O)=C(C[n+]3cccc4ccccc43)CS[C@H]12)c1cc(N)on1. The molecule has 2 amide bonds. The molecule has 2 aliphatic rings. The first-order valence-corrected chi connectivity index (χ1v) is 11.9. The van der Waals surface area contributed by atoms with Gasteiger partial charge in [0.05, 0.1) is 0 Å². The Morgan fingerprint density at radius 2 is 2.14 bits per heavy atom. The number of pyridine rings is 1. The molecule has 0 spiro atoms. The first-order chi connectivity index (χ1) is 17.4. The number of aliphatic carboxylic acids is 1. The van der Waals surface area contributed by atoms with E-state index in [1.807, 2.05) is 47.2 Å². The maximum absolute atomic E-state index is 13.0. The average molecular weight is 510 g/mol. The highest BCUT2D eigenvalue weighted by Gasteiger charge is 2.54. The number of rotatable bonds is 7. The zero-order chi connectivity index (χ0) is 25.4. The fourth-order valence-corrected chi connectivity index (χ4v) is 5.61. The van der Waals surface area contributed by atoms with Crippen LogP contribution in [0.25, 0.3) is 10.9 Å². The number of hydrogen-bond donors (Lipinski definition) is 3. The van der Waals surface area contributed by atoms with Gasteiger partial charge in [0.15, 0.2) is 18.5 Å². The van der Waals surface area contributed by atoms with Crippen LogP contribution in [-0.4, -0.2) is 62.9 Å². The van der Waals surface area contributed by atoms with Crippen molar-refractivity contribution in [2.75, 3.05) is 18.6 Å². The maximum Gasteiger partial charge on any atom is 0.352 e. The molecule has 2 atom stereocenters. The van der Waals surface area contributed by atoms with Gasteiger partial charge in [-0.1, -0.05) is 22.4 Å².